The number of hydrogen-bond donors (Lipinski definition) is 1. The minimum absolute atomic E-state index is 0.0372. The molecule has 0 fully saturated rings. The number of rotatable bonds is 6. The first-order valence-corrected chi connectivity index (χ1v) is 9.76. The third-order valence-corrected chi connectivity index (χ3v) is 5.89. The van der Waals surface area contributed by atoms with Gasteiger partial charge >= 0.3 is 5.97 Å². The Morgan fingerprint density at radius 1 is 1.04 bits per heavy atom. The van der Waals surface area contributed by atoms with E-state index < -0.39 is 28.5 Å². The molecule has 0 aliphatic rings. The van der Waals surface area contributed by atoms with Crippen LogP contribution in [0.4, 0.5) is 5.69 Å². The first kappa shape index (κ1) is 21.2. The minimum atomic E-state index is -3.60. The van der Waals surface area contributed by atoms with Crippen molar-refractivity contribution in [3.05, 3.63) is 58.1 Å². The summed E-state index contributed by atoms with van der Waals surface area (Å²) in [5.41, 5.74) is 0.330. The second-order valence-corrected chi connectivity index (χ2v) is 8.50. The molecule has 0 aliphatic heterocycles. The Morgan fingerprint density at radius 3 is 2.11 bits per heavy atom. The predicted molar refractivity (Wildman–Crippen MR) is 103 cm³/mol. The Bertz CT molecular complexity index is 940. The van der Waals surface area contributed by atoms with Crippen LogP contribution in [0.1, 0.15) is 10.4 Å². The van der Waals surface area contributed by atoms with Crippen molar-refractivity contribution >= 4 is 50.8 Å². The molecule has 10 heteroatoms. The summed E-state index contributed by atoms with van der Waals surface area (Å²) in [6.45, 7) is -0.557. The lowest BCUT2D eigenvalue weighted by Crippen LogP contribution is -2.22. The van der Waals surface area contributed by atoms with Gasteiger partial charge in [0.25, 0.3) is 5.91 Å². The number of carbonyl (C=O) groups excluding carboxylic acids is 2. The van der Waals surface area contributed by atoms with Crippen molar-refractivity contribution in [3.63, 3.8) is 0 Å². The molecule has 0 bridgehead atoms. The Hall–Kier alpha value is -2.13. The number of carbonyl (C=O) groups is 2. The Kier molecular flexibility index (Phi) is 6.83. The molecule has 0 heterocycles. The highest BCUT2D eigenvalue weighted by molar-refractivity contribution is 7.89. The summed E-state index contributed by atoms with van der Waals surface area (Å²) in [5.74, 6) is -1.39. The molecule has 2 aromatic rings. The number of anilines is 1. The summed E-state index contributed by atoms with van der Waals surface area (Å²) < 4.78 is 30.0. The van der Waals surface area contributed by atoms with Crippen LogP contribution in [0.3, 0.4) is 0 Å². The van der Waals surface area contributed by atoms with Gasteiger partial charge in [-0.1, -0.05) is 29.3 Å². The fourth-order valence-corrected chi connectivity index (χ4v) is 3.37. The topological polar surface area (TPSA) is 92.8 Å². The first-order valence-electron chi connectivity index (χ1n) is 7.56. The molecule has 7 nitrogen and oxygen atoms in total. The van der Waals surface area contributed by atoms with Gasteiger partial charge in [-0.25, -0.2) is 17.5 Å². The fourth-order valence-electron chi connectivity index (χ4n) is 1.98. The normalized spacial score (nSPS) is 11.3. The molecule has 0 radical (unpaired) electrons. The van der Waals surface area contributed by atoms with Crippen LogP contribution in [0.5, 0.6) is 0 Å². The SMILES string of the molecule is CN(C)S(=O)(=O)c1ccc(C(=O)OCC(=O)Nc2c(Cl)cccc2Cl)cc1. The lowest BCUT2D eigenvalue weighted by Gasteiger charge is -2.12. The largest absolute Gasteiger partial charge is 0.452 e. The number of halogens is 2. The smallest absolute Gasteiger partial charge is 0.338 e. The van der Waals surface area contributed by atoms with Crippen LogP contribution in [0, 0.1) is 0 Å². The molecule has 0 aliphatic carbocycles. The number of hydrogen-bond acceptors (Lipinski definition) is 5. The second kappa shape index (κ2) is 8.71. The van der Waals surface area contributed by atoms with Gasteiger partial charge < -0.3 is 10.1 Å². The third-order valence-electron chi connectivity index (χ3n) is 3.43. The van der Waals surface area contributed by atoms with Crippen molar-refractivity contribution in [2.24, 2.45) is 0 Å². The van der Waals surface area contributed by atoms with Crippen molar-refractivity contribution in [1.29, 1.82) is 0 Å². The number of benzene rings is 2. The molecule has 1 N–H and O–H groups in total. The standard InChI is InChI=1S/C17H16Cl2N2O5S/c1-21(2)27(24,25)12-8-6-11(7-9-12)17(23)26-10-15(22)20-16-13(18)4-3-5-14(16)19/h3-9H,10H2,1-2H3,(H,20,22). The van der Waals surface area contributed by atoms with Crippen molar-refractivity contribution in [1.82, 2.24) is 4.31 Å². The van der Waals surface area contributed by atoms with Crippen LogP contribution >= 0.6 is 23.2 Å². The molecule has 0 atom stereocenters. The molecule has 2 aromatic carbocycles. The summed E-state index contributed by atoms with van der Waals surface area (Å²) in [6, 6.07) is 9.92. The molecule has 1 amide bonds. The predicted octanol–water partition coefficient (Wildman–Crippen LogP) is 3.04. The first-order chi connectivity index (χ1) is 12.6. The third kappa shape index (κ3) is 5.20. The zero-order valence-corrected chi connectivity index (χ0v) is 16.7. The quantitative estimate of drug-likeness (QED) is 0.710. The van der Waals surface area contributed by atoms with Crippen molar-refractivity contribution in [3.8, 4) is 0 Å². The molecular weight excluding hydrogens is 415 g/mol. The van der Waals surface area contributed by atoms with Gasteiger partial charge in [0.15, 0.2) is 6.61 Å². The molecule has 0 saturated heterocycles. The minimum Gasteiger partial charge on any atom is -0.452 e. The zero-order chi connectivity index (χ0) is 20.2. The number of nitrogens with zero attached hydrogens (tertiary/aromatic N) is 1. The van der Waals surface area contributed by atoms with E-state index in [1.165, 1.54) is 38.4 Å². The van der Waals surface area contributed by atoms with E-state index in [0.29, 0.717) is 0 Å². The molecule has 27 heavy (non-hydrogen) atoms. The Balaban J connectivity index is 1.98. The van der Waals surface area contributed by atoms with Crippen molar-refractivity contribution in [2.45, 2.75) is 4.90 Å². The summed E-state index contributed by atoms with van der Waals surface area (Å²) in [4.78, 5) is 24.0. The zero-order valence-electron chi connectivity index (χ0n) is 14.4. The van der Waals surface area contributed by atoms with Gasteiger partial charge in [-0.15, -0.1) is 0 Å². The summed E-state index contributed by atoms with van der Waals surface area (Å²) in [5, 5.41) is 2.96. The average molecular weight is 431 g/mol. The van der Waals surface area contributed by atoms with Gasteiger partial charge in [-0.05, 0) is 36.4 Å². The van der Waals surface area contributed by atoms with Crippen molar-refractivity contribution < 1.29 is 22.7 Å². The summed E-state index contributed by atoms with van der Waals surface area (Å²) >= 11 is 11.9. The van der Waals surface area contributed by atoms with E-state index in [0.717, 1.165) is 4.31 Å². The van der Waals surface area contributed by atoms with Gasteiger partial charge in [0.2, 0.25) is 10.0 Å². The van der Waals surface area contributed by atoms with Crippen molar-refractivity contribution in [2.75, 3.05) is 26.0 Å². The summed E-state index contributed by atoms with van der Waals surface area (Å²) in [6.07, 6.45) is 0. The maximum absolute atomic E-state index is 12.0. The number of nitrogens with one attached hydrogen (secondary N) is 1. The lowest BCUT2D eigenvalue weighted by molar-refractivity contribution is -0.119. The Morgan fingerprint density at radius 2 is 1.59 bits per heavy atom. The highest BCUT2D eigenvalue weighted by Gasteiger charge is 2.18. The van der Waals surface area contributed by atoms with Gasteiger partial charge in [0.1, 0.15) is 0 Å². The van der Waals surface area contributed by atoms with Gasteiger partial charge in [0, 0.05) is 14.1 Å². The molecule has 0 unspecified atom stereocenters. The maximum Gasteiger partial charge on any atom is 0.338 e. The highest BCUT2D eigenvalue weighted by Crippen LogP contribution is 2.29. The fraction of sp³-hybridized carbons (Fsp3) is 0.176. The van der Waals surface area contributed by atoms with Gasteiger partial charge in [0.05, 0.1) is 26.2 Å². The number of para-hydroxylation sites is 1. The average Bonchev–Trinajstić information content (AvgIpc) is 2.63. The Labute approximate surface area is 166 Å². The molecule has 0 aromatic heterocycles. The van der Waals surface area contributed by atoms with E-state index in [1.807, 2.05) is 0 Å². The van der Waals surface area contributed by atoms with E-state index in [4.69, 9.17) is 27.9 Å². The molecular formula is C17H16Cl2N2O5S. The van der Waals surface area contributed by atoms with Crippen LogP contribution in [0.15, 0.2) is 47.4 Å². The van der Waals surface area contributed by atoms with E-state index >= 15 is 0 Å². The number of amides is 1. The van der Waals surface area contributed by atoms with Crippen LogP contribution < -0.4 is 5.32 Å². The van der Waals surface area contributed by atoms with E-state index in [2.05, 4.69) is 5.32 Å². The molecule has 144 valence electrons. The van der Waals surface area contributed by atoms with Crippen LogP contribution in [-0.2, 0) is 19.6 Å². The number of sulfonamides is 1. The number of esters is 1. The van der Waals surface area contributed by atoms with E-state index in [9.17, 15) is 18.0 Å². The number of ether oxygens (including phenoxy) is 1. The lowest BCUT2D eigenvalue weighted by atomic mass is 10.2. The second-order valence-electron chi connectivity index (χ2n) is 5.53. The molecule has 0 spiro atoms. The molecule has 2 rings (SSSR count). The van der Waals surface area contributed by atoms with Crippen LogP contribution in [0.2, 0.25) is 10.0 Å². The summed E-state index contributed by atoms with van der Waals surface area (Å²) in [7, 11) is -0.787. The van der Waals surface area contributed by atoms with Gasteiger partial charge in [-0.2, -0.15) is 0 Å². The monoisotopic (exact) mass is 430 g/mol. The van der Waals surface area contributed by atoms with Crippen LogP contribution in [0.25, 0.3) is 0 Å². The van der Waals surface area contributed by atoms with E-state index in [-0.39, 0.29) is 26.2 Å². The maximum atomic E-state index is 12.0. The van der Waals surface area contributed by atoms with E-state index in [1.54, 1.807) is 18.2 Å². The molecule has 0 saturated carbocycles. The highest BCUT2D eigenvalue weighted by atomic mass is 35.5. The van der Waals surface area contributed by atoms with Crippen LogP contribution in [-0.4, -0.2) is 45.3 Å². The van der Waals surface area contributed by atoms with Gasteiger partial charge in [-0.3, -0.25) is 4.79 Å².